The van der Waals surface area contributed by atoms with E-state index in [1.165, 1.54) is 6.92 Å². The SMILES string of the molecule is CCCCOc1cn(C(C)(C)C)nc1C(C)=O. The molecular weight excluding hydrogens is 216 g/mol. The van der Waals surface area contributed by atoms with Crippen molar-refractivity contribution >= 4 is 5.78 Å². The van der Waals surface area contributed by atoms with Gasteiger partial charge < -0.3 is 4.74 Å². The Hall–Kier alpha value is -1.32. The summed E-state index contributed by atoms with van der Waals surface area (Å²) in [4.78, 5) is 11.5. The Morgan fingerprint density at radius 1 is 1.47 bits per heavy atom. The fraction of sp³-hybridized carbons (Fsp3) is 0.692. The first kappa shape index (κ1) is 13.7. The molecule has 0 aromatic carbocycles. The lowest BCUT2D eigenvalue weighted by atomic mass is 10.1. The average molecular weight is 238 g/mol. The molecule has 0 aliphatic heterocycles. The summed E-state index contributed by atoms with van der Waals surface area (Å²) >= 11 is 0. The van der Waals surface area contributed by atoms with Crippen LogP contribution in [-0.2, 0) is 5.54 Å². The van der Waals surface area contributed by atoms with Crippen LogP contribution in [-0.4, -0.2) is 22.2 Å². The second-order valence-electron chi connectivity index (χ2n) is 5.22. The van der Waals surface area contributed by atoms with Gasteiger partial charge in [-0.3, -0.25) is 9.48 Å². The molecule has 96 valence electrons. The summed E-state index contributed by atoms with van der Waals surface area (Å²) in [5.41, 5.74) is 0.285. The first-order valence-electron chi connectivity index (χ1n) is 6.10. The average Bonchev–Trinajstić information content (AvgIpc) is 2.61. The van der Waals surface area contributed by atoms with Crippen molar-refractivity contribution in [2.24, 2.45) is 0 Å². The maximum atomic E-state index is 11.5. The highest BCUT2D eigenvalue weighted by Crippen LogP contribution is 2.23. The number of aromatic nitrogens is 2. The molecule has 1 aromatic rings. The molecule has 0 N–H and O–H groups in total. The maximum absolute atomic E-state index is 11.5. The molecule has 1 rings (SSSR count). The third-order valence-corrected chi connectivity index (χ3v) is 2.46. The van der Waals surface area contributed by atoms with Gasteiger partial charge in [0.1, 0.15) is 0 Å². The van der Waals surface area contributed by atoms with Gasteiger partial charge in [0.05, 0.1) is 18.3 Å². The second kappa shape index (κ2) is 5.34. The summed E-state index contributed by atoms with van der Waals surface area (Å²) in [6, 6.07) is 0. The summed E-state index contributed by atoms with van der Waals surface area (Å²) in [7, 11) is 0. The Labute approximate surface area is 103 Å². The van der Waals surface area contributed by atoms with Crippen molar-refractivity contribution in [2.45, 2.75) is 53.0 Å². The molecule has 0 atom stereocenters. The van der Waals surface area contributed by atoms with E-state index in [4.69, 9.17) is 4.74 Å². The molecule has 17 heavy (non-hydrogen) atoms. The number of carbonyl (C=O) groups excluding carboxylic acids is 1. The number of hydrogen-bond acceptors (Lipinski definition) is 3. The number of unbranched alkanes of at least 4 members (excludes halogenated alkanes) is 1. The monoisotopic (exact) mass is 238 g/mol. The van der Waals surface area contributed by atoms with Gasteiger partial charge in [-0.15, -0.1) is 0 Å². The molecule has 1 aromatic heterocycles. The molecule has 0 saturated carbocycles. The summed E-state index contributed by atoms with van der Waals surface area (Å²) in [6.07, 6.45) is 3.87. The molecule has 0 radical (unpaired) electrons. The van der Waals surface area contributed by atoms with Gasteiger partial charge in [-0.05, 0) is 27.2 Å². The Kier molecular flexibility index (Phi) is 4.32. The van der Waals surface area contributed by atoms with E-state index >= 15 is 0 Å². The zero-order chi connectivity index (χ0) is 13.1. The summed E-state index contributed by atoms with van der Waals surface area (Å²) in [5.74, 6) is 0.542. The fourth-order valence-electron chi connectivity index (χ4n) is 1.38. The van der Waals surface area contributed by atoms with Crippen LogP contribution in [0.1, 0.15) is 57.9 Å². The number of ketones is 1. The molecule has 0 aliphatic carbocycles. The Morgan fingerprint density at radius 2 is 2.12 bits per heavy atom. The lowest BCUT2D eigenvalue weighted by Crippen LogP contribution is -2.22. The highest BCUT2D eigenvalue weighted by Gasteiger charge is 2.20. The van der Waals surface area contributed by atoms with E-state index in [-0.39, 0.29) is 11.3 Å². The van der Waals surface area contributed by atoms with Crippen molar-refractivity contribution in [1.82, 2.24) is 9.78 Å². The number of carbonyl (C=O) groups is 1. The van der Waals surface area contributed by atoms with E-state index in [0.29, 0.717) is 18.1 Å². The van der Waals surface area contributed by atoms with Crippen molar-refractivity contribution in [2.75, 3.05) is 6.61 Å². The lowest BCUT2D eigenvalue weighted by Gasteiger charge is -2.18. The second-order valence-corrected chi connectivity index (χ2v) is 5.22. The van der Waals surface area contributed by atoms with Crippen LogP contribution in [0.2, 0.25) is 0 Å². The van der Waals surface area contributed by atoms with Crippen LogP contribution in [0.4, 0.5) is 0 Å². The van der Waals surface area contributed by atoms with E-state index < -0.39 is 0 Å². The Bertz CT molecular complexity index is 389. The number of hydrogen-bond donors (Lipinski definition) is 0. The number of nitrogens with zero attached hydrogens (tertiary/aromatic N) is 2. The first-order chi connectivity index (χ1) is 7.86. The summed E-state index contributed by atoms with van der Waals surface area (Å²) < 4.78 is 7.39. The molecule has 0 fully saturated rings. The smallest absolute Gasteiger partial charge is 0.183 e. The Balaban J connectivity index is 2.94. The van der Waals surface area contributed by atoms with Gasteiger partial charge in [-0.2, -0.15) is 5.10 Å². The van der Waals surface area contributed by atoms with Gasteiger partial charge in [0.15, 0.2) is 17.2 Å². The minimum absolute atomic E-state index is 0.0560. The van der Waals surface area contributed by atoms with Gasteiger partial charge in [-0.1, -0.05) is 13.3 Å². The minimum Gasteiger partial charge on any atom is -0.490 e. The molecule has 4 nitrogen and oxygen atoms in total. The van der Waals surface area contributed by atoms with E-state index in [1.807, 2.05) is 27.0 Å². The summed E-state index contributed by atoms with van der Waals surface area (Å²) in [5, 5.41) is 4.30. The third-order valence-electron chi connectivity index (χ3n) is 2.46. The van der Waals surface area contributed by atoms with Crippen LogP contribution in [0.25, 0.3) is 0 Å². The zero-order valence-corrected chi connectivity index (χ0v) is 11.4. The number of rotatable bonds is 5. The lowest BCUT2D eigenvalue weighted by molar-refractivity contribution is 0.100. The molecule has 4 heteroatoms. The van der Waals surface area contributed by atoms with Gasteiger partial charge in [0.2, 0.25) is 0 Å². The van der Waals surface area contributed by atoms with Gasteiger partial charge in [-0.25, -0.2) is 0 Å². The van der Waals surface area contributed by atoms with Gasteiger partial charge in [0.25, 0.3) is 0 Å². The van der Waals surface area contributed by atoms with Gasteiger partial charge in [0, 0.05) is 6.92 Å². The molecular formula is C13H22N2O2. The van der Waals surface area contributed by atoms with E-state index in [0.717, 1.165) is 12.8 Å². The molecule has 0 aliphatic rings. The molecule has 0 unspecified atom stereocenters. The van der Waals surface area contributed by atoms with Gasteiger partial charge >= 0.3 is 0 Å². The quantitative estimate of drug-likeness (QED) is 0.585. The van der Waals surface area contributed by atoms with E-state index in [1.54, 1.807) is 4.68 Å². The van der Waals surface area contributed by atoms with Crippen LogP contribution in [0.15, 0.2) is 6.20 Å². The summed E-state index contributed by atoms with van der Waals surface area (Å²) in [6.45, 7) is 10.4. The molecule has 0 bridgehead atoms. The van der Waals surface area contributed by atoms with Crippen molar-refractivity contribution in [1.29, 1.82) is 0 Å². The van der Waals surface area contributed by atoms with Crippen LogP contribution in [0, 0.1) is 0 Å². The number of Topliss-reactive ketones (excluding diaryl/α,β-unsaturated/α-hetero) is 1. The maximum Gasteiger partial charge on any atom is 0.183 e. The number of ether oxygens (including phenoxy) is 1. The highest BCUT2D eigenvalue weighted by molar-refractivity contribution is 5.94. The topological polar surface area (TPSA) is 44.1 Å². The standard InChI is InChI=1S/C13H22N2O2/c1-6-7-8-17-11-9-15(13(3,4)5)14-12(11)10(2)16/h9H,6-8H2,1-5H3. The highest BCUT2D eigenvalue weighted by atomic mass is 16.5. The molecule has 0 amide bonds. The predicted molar refractivity (Wildman–Crippen MR) is 67.6 cm³/mol. The fourth-order valence-corrected chi connectivity index (χ4v) is 1.38. The van der Waals surface area contributed by atoms with Crippen molar-refractivity contribution in [3.63, 3.8) is 0 Å². The van der Waals surface area contributed by atoms with E-state index in [2.05, 4.69) is 12.0 Å². The molecule has 0 saturated heterocycles. The largest absolute Gasteiger partial charge is 0.490 e. The normalized spacial score (nSPS) is 11.6. The van der Waals surface area contributed by atoms with Crippen molar-refractivity contribution in [3.05, 3.63) is 11.9 Å². The van der Waals surface area contributed by atoms with E-state index in [9.17, 15) is 4.79 Å². The molecule has 0 spiro atoms. The van der Waals surface area contributed by atoms with Crippen molar-refractivity contribution < 1.29 is 9.53 Å². The zero-order valence-electron chi connectivity index (χ0n) is 11.4. The first-order valence-corrected chi connectivity index (χ1v) is 6.10. The Morgan fingerprint density at radius 3 is 2.59 bits per heavy atom. The van der Waals surface area contributed by atoms with Crippen LogP contribution in [0.3, 0.4) is 0 Å². The molecule has 1 heterocycles. The van der Waals surface area contributed by atoms with Crippen molar-refractivity contribution in [3.8, 4) is 5.75 Å². The van der Waals surface area contributed by atoms with Crippen LogP contribution < -0.4 is 4.74 Å². The predicted octanol–water partition coefficient (Wildman–Crippen LogP) is 3.02. The van der Waals surface area contributed by atoms with Crippen LogP contribution in [0.5, 0.6) is 5.75 Å². The minimum atomic E-state index is -0.142. The third kappa shape index (κ3) is 3.58. The van der Waals surface area contributed by atoms with Crippen LogP contribution >= 0.6 is 0 Å².